The van der Waals surface area contributed by atoms with E-state index in [9.17, 15) is 0 Å². The quantitative estimate of drug-likeness (QED) is 0.573. The lowest BCUT2D eigenvalue weighted by atomic mass is 10.2. The summed E-state index contributed by atoms with van der Waals surface area (Å²) in [6, 6.07) is 5.88. The number of hydrogen-bond acceptors (Lipinski definition) is 1. The van der Waals surface area contributed by atoms with Crippen LogP contribution in [0.15, 0.2) is 18.2 Å². The van der Waals surface area contributed by atoms with Crippen molar-refractivity contribution in [2.24, 2.45) is 0 Å². The van der Waals surface area contributed by atoms with Gasteiger partial charge in [-0.2, -0.15) is 0 Å². The van der Waals surface area contributed by atoms with Crippen LogP contribution in [-0.2, 0) is 12.4 Å². The van der Waals surface area contributed by atoms with Crippen LogP contribution in [0.4, 0.5) is 0 Å². The van der Waals surface area contributed by atoms with Gasteiger partial charge in [-0.3, -0.25) is 0 Å². The minimum atomic E-state index is 0.428. The normalized spacial score (nSPS) is 11.2. The summed E-state index contributed by atoms with van der Waals surface area (Å²) in [5.74, 6) is 1.34. The van der Waals surface area contributed by atoms with Gasteiger partial charge in [0.05, 0.1) is 16.4 Å². The maximum Gasteiger partial charge on any atom is 0.124 e. The first-order chi connectivity index (χ1) is 8.27. The SMILES string of the molecule is CCCCCn1c(CCl)nc2c(Cl)cccc21. The minimum Gasteiger partial charge on any atom is -0.327 e. The molecule has 1 aromatic carbocycles. The lowest BCUT2D eigenvalue weighted by Crippen LogP contribution is -2.02. The molecule has 0 spiro atoms. The number of imidazole rings is 1. The number of unbranched alkanes of at least 4 members (excludes halogenated alkanes) is 2. The summed E-state index contributed by atoms with van der Waals surface area (Å²) in [7, 11) is 0. The number of alkyl halides is 1. The number of nitrogens with zero attached hydrogens (tertiary/aromatic N) is 2. The lowest BCUT2D eigenvalue weighted by Gasteiger charge is -2.06. The van der Waals surface area contributed by atoms with Crippen LogP contribution >= 0.6 is 23.2 Å². The van der Waals surface area contributed by atoms with Crippen LogP contribution in [0.3, 0.4) is 0 Å². The molecule has 2 aromatic rings. The van der Waals surface area contributed by atoms with Gasteiger partial charge in [0.1, 0.15) is 11.3 Å². The first-order valence-electron chi connectivity index (χ1n) is 5.97. The van der Waals surface area contributed by atoms with E-state index < -0.39 is 0 Å². The van der Waals surface area contributed by atoms with E-state index in [4.69, 9.17) is 23.2 Å². The zero-order valence-electron chi connectivity index (χ0n) is 9.92. The third-order valence-electron chi connectivity index (χ3n) is 2.91. The van der Waals surface area contributed by atoms with Crippen molar-refractivity contribution >= 4 is 34.2 Å². The number of rotatable bonds is 5. The third-order valence-corrected chi connectivity index (χ3v) is 3.46. The van der Waals surface area contributed by atoms with Gasteiger partial charge >= 0.3 is 0 Å². The summed E-state index contributed by atoms with van der Waals surface area (Å²) in [5, 5.41) is 0.697. The molecular weight excluding hydrogens is 255 g/mol. The Hall–Kier alpha value is -0.730. The number of aryl methyl sites for hydroxylation is 1. The first-order valence-corrected chi connectivity index (χ1v) is 6.88. The van der Waals surface area contributed by atoms with Crippen LogP contribution < -0.4 is 0 Å². The highest BCUT2D eigenvalue weighted by Gasteiger charge is 2.11. The molecule has 0 amide bonds. The van der Waals surface area contributed by atoms with Crippen molar-refractivity contribution in [2.45, 2.75) is 38.6 Å². The fourth-order valence-electron chi connectivity index (χ4n) is 2.03. The Morgan fingerprint density at radius 1 is 1.29 bits per heavy atom. The molecule has 0 radical (unpaired) electrons. The Bertz CT molecular complexity index is 505. The zero-order chi connectivity index (χ0) is 12.3. The molecule has 0 aliphatic carbocycles. The number of benzene rings is 1. The van der Waals surface area contributed by atoms with Crippen LogP contribution in [0, 0.1) is 0 Å². The second kappa shape index (κ2) is 5.74. The number of halogens is 2. The smallest absolute Gasteiger partial charge is 0.124 e. The number of aromatic nitrogens is 2. The van der Waals surface area contributed by atoms with E-state index >= 15 is 0 Å². The Kier molecular flexibility index (Phi) is 4.30. The summed E-state index contributed by atoms with van der Waals surface area (Å²) >= 11 is 12.1. The van der Waals surface area contributed by atoms with Gasteiger partial charge in [-0.25, -0.2) is 4.98 Å². The van der Waals surface area contributed by atoms with E-state index in [-0.39, 0.29) is 0 Å². The average Bonchev–Trinajstić information content (AvgIpc) is 2.70. The van der Waals surface area contributed by atoms with Gasteiger partial charge in [0.2, 0.25) is 0 Å². The highest BCUT2D eigenvalue weighted by Crippen LogP contribution is 2.25. The number of fused-ring (bicyclic) bond motifs is 1. The van der Waals surface area contributed by atoms with Crippen molar-refractivity contribution in [1.82, 2.24) is 9.55 Å². The molecule has 0 aliphatic rings. The standard InChI is InChI=1S/C13H16Cl2N2/c1-2-3-4-8-17-11-7-5-6-10(15)13(11)16-12(17)9-14/h5-7H,2-4,8-9H2,1H3. The Balaban J connectivity index is 2.40. The molecule has 0 aliphatic heterocycles. The van der Waals surface area contributed by atoms with E-state index in [0.29, 0.717) is 10.9 Å². The first kappa shape index (κ1) is 12.7. The number of hydrogen-bond donors (Lipinski definition) is 0. The van der Waals surface area contributed by atoms with Gasteiger partial charge in [-0.15, -0.1) is 11.6 Å². The largest absolute Gasteiger partial charge is 0.327 e. The highest BCUT2D eigenvalue weighted by atomic mass is 35.5. The summed E-state index contributed by atoms with van der Waals surface area (Å²) < 4.78 is 2.18. The Morgan fingerprint density at radius 2 is 2.12 bits per heavy atom. The van der Waals surface area contributed by atoms with Crippen LogP contribution in [-0.4, -0.2) is 9.55 Å². The summed E-state index contributed by atoms with van der Waals surface area (Å²) in [5.41, 5.74) is 1.95. The van der Waals surface area contributed by atoms with Gasteiger partial charge in [-0.1, -0.05) is 37.4 Å². The van der Waals surface area contributed by atoms with Crippen molar-refractivity contribution in [1.29, 1.82) is 0 Å². The predicted octanol–water partition coefficient (Wildman–Crippen LogP) is 4.62. The molecule has 1 aromatic heterocycles. The zero-order valence-corrected chi connectivity index (χ0v) is 11.4. The molecule has 92 valence electrons. The fourth-order valence-corrected chi connectivity index (χ4v) is 2.45. The third kappa shape index (κ3) is 2.58. The van der Waals surface area contributed by atoms with Crippen molar-refractivity contribution < 1.29 is 0 Å². The Morgan fingerprint density at radius 3 is 2.82 bits per heavy atom. The molecule has 17 heavy (non-hydrogen) atoms. The molecule has 0 fully saturated rings. The maximum absolute atomic E-state index is 6.14. The van der Waals surface area contributed by atoms with Gasteiger partial charge in [0.15, 0.2) is 0 Å². The second-order valence-corrected chi connectivity index (χ2v) is 4.80. The van der Waals surface area contributed by atoms with Crippen LogP contribution in [0.2, 0.25) is 5.02 Å². The van der Waals surface area contributed by atoms with Crippen LogP contribution in [0.1, 0.15) is 32.0 Å². The lowest BCUT2D eigenvalue weighted by molar-refractivity contribution is 0.600. The van der Waals surface area contributed by atoms with E-state index in [1.165, 1.54) is 12.8 Å². The summed E-state index contributed by atoms with van der Waals surface area (Å²) in [6.45, 7) is 3.16. The molecule has 0 atom stereocenters. The minimum absolute atomic E-state index is 0.428. The molecule has 0 bridgehead atoms. The molecule has 0 saturated carbocycles. The fraction of sp³-hybridized carbons (Fsp3) is 0.462. The summed E-state index contributed by atoms with van der Waals surface area (Å²) in [6.07, 6.45) is 3.59. The van der Waals surface area contributed by atoms with E-state index in [2.05, 4.69) is 22.5 Å². The van der Waals surface area contributed by atoms with E-state index in [1.807, 2.05) is 12.1 Å². The molecule has 2 rings (SSSR count). The van der Waals surface area contributed by atoms with Gasteiger partial charge in [0, 0.05) is 6.54 Å². The van der Waals surface area contributed by atoms with E-state index in [0.717, 1.165) is 29.8 Å². The molecule has 2 nitrogen and oxygen atoms in total. The molecule has 1 heterocycles. The van der Waals surface area contributed by atoms with Crippen molar-refractivity contribution in [3.8, 4) is 0 Å². The van der Waals surface area contributed by atoms with Crippen molar-refractivity contribution in [3.05, 3.63) is 29.0 Å². The predicted molar refractivity (Wildman–Crippen MR) is 73.8 cm³/mol. The topological polar surface area (TPSA) is 17.8 Å². The summed E-state index contributed by atoms with van der Waals surface area (Å²) in [4.78, 5) is 4.51. The van der Waals surface area contributed by atoms with Crippen molar-refractivity contribution in [3.63, 3.8) is 0 Å². The molecule has 0 N–H and O–H groups in total. The van der Waals surface area contributed by atoms with Gasteiger partial charge in [-0.05, 0) is 18.6 Å². The molecule has 0 saturated heterocycles. The van der Waals surface area contributed by atoms with Gasteiger partial charge < -0.3 is 4.57 Å². The monoisotopic (exact) mass is 270 g/mol. The van der Waals surface area contributed by atoms with Crippen LogP contribution in [0.25, 0.3) is 11.0 Å². The number of para-hydroxylation sites is 1. The Labute approximate surface area is 112 Å². The average molecular weight is 271 g/mol. The van der Waals surface area contributed by atoms with E-state index in [1.54, 1.807) is 0 Å². The van der Waals surface area contributed by atoms with Gasteiger partial charge in [0.25, 0.3) is 0 Å². The maximum atomic E-state index is 6.14. The van der Waals surface area contributed by atoms with Crippen molar-refractivity contribution in [2.75, 3.05) is 0 Å². The molecule has 4 heteroatoms. The molecular formula is C13H16Cl2N2. The molecule has 0 unspecified atom stereocenters. The van der Waals surface area contributed by atoms with Crippen LogP contribution in [0.5, 0.6) is 0 Å². The highest BCUT2D eigenvalue weighted by molar-refractivity contribution is 6.34. The second-order valence-electron chi connectivity index (χ2n) is 4.13.